The van der Waals surface area contributed by atoms with Crippen LogP contribution in [0.5, 0.6) is 0 Å². The third-order valence-corrected chi connectivity index (χ3v) is 3.93. The van der Waals surface area contributed by atoms with Crippen molar-refractivity contribution in [2.24, 2.45) is 5.41 Å². The molecule has 7 nitrogen and oxygen atoms in total. The summed E-state index contributed by atoms with van der Waals surface area (Å²) in [6.07, 6.45) is -0.0536. The van der Waals surface area contributed by atoms with E-state index in [1.165, 1.54) is 4.90 Å². The predicted octanol–water partition coefficient (Wildman–Crippen LogP) is 1.22. The van der Waals surface area contributed by atoms with Crippen LogP contribution in [-0.2, 0) is 14.3 Å². The van der Waals surface area contributed by atoms with E-state index < -0.39 is 28.9 Å². The van der Waals surface area contributed by atoms with Gasteiger partial charge in [0.2, 0.25) is 5.91 Å². The van der Waals surface area contributed by atoms with Crippen LogP contribution in [-0.4, -0.2) is 53.2 Å². The highest BCUT2D eigenvalue weighted by Crippen LogP contribution is 2.43. The Morgan fingerprint density at radius 3 is 2.43 bits per heavy atom. The van der Waals surface area contributed by atoms with Gasteiger partial charge < -0.3 is 15.2 Å². The molecule has 0 aromatic rings. The number of amides is 2. The number of ether oxygens (including phenoxy) is 1. The first-order chi connectivity index (χ1) is 9.66. The third-order valence-electron chi connectivity index (χ3n) is 3.93. The van der Waals surface area contributed by atoms with Gasteiger partial charge in [-0.15, -0.1) is 0 Å². The van der Waals surface area contributed by atoms with Crippen LogP contribution in [0, 0.1) is 5.41 Å². The maximum absolute atomic E-state index is 12.6. The average Bonchev–Trinajstić information content (AvgIpc) is 2.81. The first kappa shape index (κ1) is 17.3. The Hall–Kier alpha value is -1.79. The van der Waals surface area contributed by atoms with Gasteiger partial charge in [0.1, 0.15) is 12.1 Å². The zero-order valence-electron chi connectivity index (χ0n) is 13.1. The van der Waals surface area contributed by atoms with Crippen LogP contribution >= 0.6 is 0 Å². The molecule has 0 saturated carbocycles. The number of hydrogen-bond donors (Lipinski definition) is 2. The normalized spacial score (nSPS) is 22.0. The molecule has 0 aromatic carbocycles. The van der Waals surface area contributed by atoms with Gasteiger partial charge in [-0.1, -0.05) is 20.8 Å². The van der Waals surface area contributed by atoms with Gasteiger partial charge in [0.15, 0.2) is 0 Å². The van der Waals surface area contributed by atoms with Crippen molar-refractivity contribution in [3.8, 4) is 0 Å². The Labute approximate surface area is 124 Å². The fraction of sp³-hybridized carbons (Fsp3) is 0.786. The number of likely N-dealkylation sites (tertiary alicyclic amines) is 1. The molecule has 0 aliphatic carbocycles. The Bertz CT molecular complexity index is 430. The van der Waals surface area contributed by atoms with E-state index in [-0.39, 0.29) is 13.2 Å². The van der Waals surface area contributed by atoms with Crippen LogP contribution in [0.1, 0.15) is 40.5 Å². The molecule has 1 atom stereocenters. The highest BCUT2D eigenvalue weighted by Gasteiger charge is 2.57. The van der Waals surface area contributed by atoms with Crippen molar-refractivity contribution in [2.45, 2.75) is 46.1 Å². The van der Waals surface area contributed by atoms with Gasteiger partial charge in [-0.05, 0) is 25.2 Å². The summed E-state index contributed by atoms with van der Waals surface area (Å²) in [7, 11) is 0. The summed E-state index contributed by atoms with van der Waals surface area (Å²) < 4.78 is 4.76. The van der Waals surface area contributed by atoms with E-state index in [0.29, 0.717) is 19.4 Å². The van der Waals surface area contributed by atoms with Crippen molar-refractivity contribution in [3.05, 3.63) is 0 Å². The van der Waals surface area contributed by atoms with Crippen LogP contribution in [0.2, 0.25) is 0 Å². The molecule has 0 unspecified atom stereocenters. The Balaban J connectivity index is 2.96. The number of carbonyl (C=O) groups excluding carboxylic acids is 2. The zero-order valence-corrected chi connectivity index (χ0v) is 13.1. The SMILES string of the molecule is CCOC(=O)CNC(=O)[C@@]1(C(C)(C)C)CCCN1C(=O)O. The summed E-state index contributed by atoms with van der Waals surface area (Å²) >= 11 is 0. The second-order valence-corrected chi connectivity index (χ2v) is 6.14. The van der Waals surface area contributed by atoms with Crippen molar-refractivity contribution in [1.82, 2.24) is 10.2 Å². The second kappa shape index (κ2) is 6.32. The van der Waals surface area contributed by atoms with E-state index in [1.807, 2.05) is 20.8 Å². The molecule has 1 heterocycles. The quantitative estimate of drug-likeness (QED) is 0.761. The molecular formula is C14H24N2O5. The fourth-order valence-corrected chi connectivity index (χ4v) is 2.95. The number of esters is 1. The largest absolute Gasteiger partial charge is 0.465 e. The lowest BCUT2D eigenvalue weighted by molar-refractivity contribution is -0.146. The van der Waals surface area contributed by atoms with Gasteiger partial charge in [0, 0.05) is 6.54 Å². The minimum absolute atomic E-state index is 0.236. The molecule has 0 aromatic heterocycles. The zero-order chi connectivity index (χ0) is 16.3. The average molecular weight is 300 g/mol. The Kier molecular flexibility index (Phi) is 5.20. The summed E-state index contributed by atoms with van der Waals surface area (Å²) in [6.45, 7) is 7.48. The van der Waals surface area contributed by atoms with Gasteiger partial charge >= 0.3 is 12.1 Å². The van der Waals surface area contributed by atoms with Crippen LogP contribution in [0.3, 0.4) is 0 Å². The predicted molar refractivity (Wildman–Crippen MR) is 75.8 cm³/mol. The van der Waals surface area contributed by atoms with Crippen molar-refractivity contribution in [3.63, 3.8) is 0 Å². The first-order valence-corrected chi connectivity index (χ1v) is 7.11. The lowest BCUT2D eigenvalue weighted by Gasteiger charge is -2.45. The van der Waals surface area contributed by atoms with E-state index >= 15 is 0 Å². The summed E-state index contributed by atoms with van der Waals surface area (Å²) in [6, 6.07) is 0. The van der Waals surface area contributed by atoms with E-state index in [9.17, 15) is 19.5 Å². The van der Waals surface area contributed by atoms with Gasteiger partial charge in [0.05, 0.1) is 6.61 Å². The monoisotopic (exact) mass is 300 g/mol. The lowest BCUT2D eigenvalue weighted by Crippen LogP contribution is -2.64. The standard InChI is InChI=1S/C14H24N2O5/c1-5-21-10(17)9-15-11(18)14(13(2,3)4)7-6-8-16(14)12(19)20/h5-9H2,1-4H3,(H,15,18)(H,19,20)/t14-/m1/s1. The molecule has 21 heavy (non-hydrogen) atoms. The molecule has 2 amide bonds. The second-order valence-electron chi connectivity index (χ2n) is 6.14. The lowest BCUT2D eigenvalue weighted by atomic mass is 9.71. The molecule has 0 bridgehead atoms. The van der Waals surface area contributed by atoms with E-state index in [2.05, 4.69) is 5.32 Å². The Morgan fingerprint density at radius 2 is 1.95 bits per heavy atom. The molecule has 0 spiro atoms. The minimum Gasteiger partial charge on any atom is -0.465 e. The third kappa shape index (κ3) is 3.28. The molecule has 1 fully saturated rings. The first-order valence-electron chi connectivity index (χ1n) is 7.11. The maximum atomic E-state index is 12.6. The van der Waals surface area contributed by atoms with Crippen LogP contribution < -0.4 is 5.32 Å². The van der Waals surface area contributed by atoms with Crippen LogP contribution in [0.15, 0.2) is 0 Å². The maximum Gasteiger partial charge on any atom is 0.408 e. The summed E-state index contributed by atoms with van der Waals surface area (Å²) in [5.74, 6) is -0.974. The van der Waals surface area contributed by atoms with Crippen molar-refractivity contribution in [1.29, 1.82) is 0 Å². The van der Waals surface area contributed by atoms with E-state index in [0.717, 1.165) is 0 Å². The van der Waals surface area contributed by atoms with Gasteiger partial charge in [-0.3, -0.25) is 14.5 Å². The summed E-state index contributed by atoms with van der Waals surface area (Å²) in [5, 5.41) is 11.9. The molecule has 1 aliphatic heterocycles. The number of carbonyl (C=O) groups is 3. The van der Waals surface area contributed by atoms with Crippen molar-refractivity contribution in [2.75, 3.05) is 19.7 Å². The van der Waals surface area contributed by atoms with Gasteiger partial charge in [-0.25, -0.2) is 4.79 Å². The number of carboxylic acid groups (broad SMARTS) is 1. The molecule has 1 aliphatic rings. The topological polar surface area (TPSA) is 95.9 Å². The highest BCUT2D eigenvalue weighted by molar-refractivity contribution is 5.93. The number of hydrogen-bond acceptors (Lipinski definition) is 4. The minimum atomic E-state index is -1.16. The molecule has 7 heteroatoms. The van der Waals surface area contributed by atoms with Gasteiger partial charge in [-0.2, -0.15) is 0 Å². The fourth-order valence-electron chi connectivity index (χ4n) is 2.95. The number of nitrogens with zero attached hydrogens (tertiary/aromatic N) is 1. The number of nitrogens with one attached hydrogen (secondary N) is 1. The molecule has 120 valence electrons. The van der Waals surface area contributed by atoms with Gasteiger partial charge in [0.25, 0.3) is 0 Å². The smallest absolute Gasteiger partial charge is 0.408 e. The molecular weight excluding hydrogens is 276 g/mol. The molecule has 0 radical (unpaired) electrons. The van der Waals surface area contributed by atoms with Crippen LogP contribution in [0.4, 0.5) is 4.79 Å². The number of rotatable bonds is 4. The summed E-state index contributed by atoms with van der Waals surface area (Å²) in [4.78, 5) is 36.6. The van der Waals surface area contributed by atoms with Crippen LogP contribution in [0.25, 0.3) is 0 Å². The summed E-state index contributed by atoms with van der Waals surface area (Å²) in [5.41, 5.74) is -1.74. The molecule has 1 saturated heterocycles. The van der Waals surface area contributed by atoms with E-state index in [4.69, 9.17) is 4.74 Å². The van der Waals surface area contributed by atoms with Crippen molar-refractivity contribution >= 4 is 18.0 Å². The Morgan fingerprint density at radius 1 is 1.33 bits per heavy atom. The van der Waals surface area contributed by atoms with E-state index in [1.54, 1.807) is 6.92 Å². The highest BCUT2D eigenvalue weighted by atomic mass is 16.5. The molecule has 2 N–H and O–H groups in total. The van der Waals surface area contributed by atoms with Crippen molar-refractivity contribution < 1.29 is 24.2 Å². The molecule has 1 rings (SSSR count).